The van der Waals surface area contributed by atoms with Crippen LogP contribution in [0.5, 0.6) is 0 Å². The molecule has 0 saturated heterocycles. The number of hydrazine groups is 1. The highest BCUT2D eigenvalue weighted by atomic mass is 19.1. The van der Waals surface area contributed by atoms with Gasteiger partial charge in [0.1, 0.15) is 11.5 Å². The summed E-state index contributed by atoms with van der Waals surface area (Å²) in [6, 6.07) is 9.69. The van der Waals surface area contributed by atoms with E-state index in [0.29, 0.717) is 40.2 Å². The lowest BCUT2D eigenvalue weighted by Gasteiger charge is -2.07. The number of benzene rings is 1. The maximum atomic E-state index is 14.5. The molecular formula is C19H16FN7O. The molecule has 4 aromatic rings. The number of rotatable bonds is 3. The molecule has 0 bridgehead atoms. The average molecular weight is 377 g/mol. The van der Waals surface area contributed by atoms with Gasteiger partial charge in [-0.15, -0.1) is 0 Å². The van der Waals surface area contributed by atoms with Crippen LogP contribution in [-0.4, -0.2) is 31.3 Å². The van der Waals surface area contributed by atoms with Crippen molar-refractivity contribution in [2.24, 2.45) is 10.8 Å². The third-order valence-electron chi connectivity index (χ3n) is 4.34. The van der Waals surface area contributed by atoms with E-state index in [2.05, 4.69) is 20.1 Å². The predicted octanol–water partition coefficient (Wildman–Crippen LogP) is 2.40. The van der Waals surface area contributed by atoms with E-state index in [4.69, 9.17) is 5.84 Å². The van der Waals surface area contributed by atoms with Crippen LogP contribution in [0.2, 0.25) is 0 Å². The quantitative estimate of drug-likeness (QED) is 0.246. The number of hydrogen-bond donors (Lipinski definition) is 2. The van der Waals surface area contributed by atoms with Gasteiger partial charge in [0, 0.05) is 24.1 Å². The van der Waals surface area contributed by atoms with E-state index in [1.807, 2.05) is 17.6 Å². The van der Waals surface area contributed by atoms with Crippen LogP contribution in [0.1, 0.15) is 23.9 Å². The normalized spacial score (nSPS) is 11.9. The number of hydrogen-bond acceptors (Lipinski definition) is 5. The number of aliphatic imine (C=N–C) groups is 1. The van der Waals surface area contributed by atoms with Crippen LogP contribution in [0.3, 0.4) is 0 Å². The van der Waals surface area contributed by atoms with Crippen LogP contribution in [-0.2, 0) is 6.42 Å². The summed E-state index contributed by atoms with van der Waals surface area (Å²) in [4.78, 5) is 23.6. The molecule has 3 heterocycles. The Morgan fingerprint density at radius 3 is 2.96 bits per heavy atom. The number of nitrogens with zero attached hydrogens (tertiary/aromatic N) is 5. The highest BCUT2D eigenvalue weighted by Crippen LogP contribution is 2.20. The Labute approximate surface area is 158 Å². The van der Waals surface area contributed by atoms with Crippen molar-refractivity contribution in [2.75, 3.05) is 0 Å². The maximum Gasteiger partial charge on any atom is 0.355 e. The molecule has 1 aromatic carbocycles. The van der Waals surface area contributed by atoms with E-state index in [9.17, 15) is 9.18 Å². The summed E-state index contributed by atoms with van der Waals surface area (Å²) in [7, 11) is 0. The van der Waals surface area contributed by atoms with Crippen LogP contribution in [0.25, 0.3) is 16.6 Å². The molecule has 140 valence electrons. The summed E-state index contributed by atoms with van der Waals surface area (Å²) in [6.07, 6.45) is 3.58. The van der Waals surface area contributed by atoms with Crippen LogP contribution in [0, 0.1) is 5.82 Å². The summed E-state index contributed by atoms with van der Waals surface area (Å²) >= 11 is 0. The molecule has 3 aromatic heterocycles. The van der Waals surface area contributed by atoms with Gasteiger partial charge in [0.2, 0.25) is 0 Å². The molecule has 8 nitrogen and oxygen atoms in total. The first-order chi connectivity index (χ1) is 13.5. The number of carbonyl (C=O) groups excluding carboxylic acids is 1. The van der Waals surface area contributed by atoms with Crippen LogP contribution in [0.15, 0.2) is 53.8 Å². The fraction of sp³-hybridized carbons (Fsp3) is 0.105. The van der Waals surface area contributed by atoms with E-state index >= 15 is 0 Å². The van der Waals surface area contributed by atoms with Crippen molar-refractivity contribution < 1.29 is 9.18 Å². The van der Waals surface area contributed by atoms with Gasteiger partial charge in [0.05, 0.1) is 23.1 Å². The second-order valence-electron chi connectivity index (χ2n) is 6.20. The Bertz CT molecular complexity index is 1230. The van der Waals surface area contributed by atoms with Crippen molar-refractivity contribution in [1.29, 1.82) is 0 Å². The summed E-state index contributed by atoms with van der Waals surface area (Å²) in [5.74, 6) is 4.72. The van der Waals surface area contributed by atoms with Crippen LogP contribution >= 0.6 is 0 Å². The molecule has 2 amide bonds. The summed E-state index contributed by atoms with van der Waals surface area (Å²) < 4.78 is 16.1. The number of urea groups is 1. The van der Waals surface area contributed by atoms with Gasteiger partial charge in [-0.2, -0.15) is 10.1 Å². The average Bonchev–Trinajstić information content (AvgIpc) is 3.10. The van der Waals surface area contributed by atoms with E-state index < -0.39 is 6.03 Å². The van der Waals surface area contributed by atoms with Gasteiger partial charge in [-0.1, -0.05) is 6.07 Å². The smallest absolute Gasteiger partial charge is 0.274 e. The van der Waals surface area contributed by atoms with E-state index in [0.717, 1.165) is 5.39 Å². The minimum absolute atomic E-state index is 0.299. The Balaban J connectivity index is 1.73. The Hall–Kier alpha value is -3.72. The fourth-order valence-corrected chi connectivity index (χ4v) is 2.95. The Morgan fingerprint density at radius 2 is 2.14 bits per heavy atom. The van der Waals surface area contributed by atoms with Gasteiger partial charge in [-0.05, 0) is 36.8 Å². The number of nitrogens with one attached hydrogen (secondary N) is 1. The first-order valence-corrected chi connectivity index (χ1v) is 8.48. The molecule has 0 aliphatic carbocycles. The number of carbonyl (C=O) groups is 1. The van der Waals surface area contributed by atoms with Crippen molar-refractivity contribution in [3.8, 4) is 0 Å². The molecule has 3 N–H and O–H groups in total. The molecule has 0 spiro atoms. The summed E-state index contributed by atoms with van der Waals surface area (Å²) in [5.41, 5.74) is 5.26. The zero-order valence-electron chi connectivity index (χ0n) is 14.9. The van der Waals surface area contributed by atoms with Gasteiger partial charge >= 0.3 is 6.03 Å². The molecule has 0 atom stereocenters. The number of fused-ring (bicyclic) bond motifs is 2. The molecule has 0 unspecified atom stereocenters. The van der Waals surface area contributed by atoms with Gasteiger partial charge in [0.25, 0.3) is 0 Å². The number of aromatic nitrogens is 4. The third-order valence-corrected chi connectivity index (χ3v) is 4.34. The molecule has 0 radical (unpaired) electrons. The van der Waals surface area contributed by atoms with Crippen LogP contribution < -0.4 is 11.3 Å². The maximum absolute atomic E-state index is 14.5. The number of amides is 2. The van der Waals surface area contributed by atoms with Gasteiger partial charge < -0.3 is 0 Å². The molecule has 4 rings (SSSR count). The second kappa shape index (κ2) is 7.12. The number of imidazole rings is 1. The lowest BCUT2D eigenvalue weighted by atomic mass is 10.1. The summed E-state index contributed by atoms with van der Waals surface area (Å²) in [5, 5.41) is 5.34. The molecule has 0 aliphatic rings. The van der Waals surface area contributed by atoms with Gasteiger partial charge in [-0.3, -0.25) is 10.4 Å². The minimum atomic E-state index is -0.669. The van der Waals surface area contributed by atoms with Crippen molar-refractivity contribution in [3.05, 3.63) is 71.6 Å². The van der Waals surface area contributed by atoms with Crippen molar-refractivity contribution in [3.63, 3.8) is 0 Å². The predicted molar refractivity (Wildman–Crippen MR) is 102 cm³/mol. The lowest BCUT2D eigenvalue weighted by Crippen LogP contribution is -2.27. The SMILES string of the molecule is C/C(=N\C(=O)NN)c1ccc2ncc(Cc3cc4cccnc4cc3F)n2n1. The van der Waals surface area contributed by atoms with Gasteiger partial charge in [-0.25, -0.2) is 24.5 Å². The zero-order valence-corrected chi connectivity index (χ0v) is 14.9. The third kappa shape index (κ3) is 3.30. The van der Waals surface area contributed by atoms with E-state index in [1.165, 1.54) is 6.07 Å². The number of halogens is 1. The highest BCUT2D eigenvalue weighted by molar-refractivity contribution is 6.03. The molecule has 0 saturated carbocycles. The van der Waals surface area contributed by atoms with E-state index in [1.54, 1.807) is 42.0 Å². The topological polar surface area (TPSA) is 111 Å². The summed E-state index contributed by atoms with van der Waals surface area (Å²) in [6.45, 7) is 1.65. The van der Waals surface area contributed by atoms with Gasteiger partial charge in [0.15, 0.2) is 5.65 Å². The number of pyridine rings is 1. The fourth-order valence-electron chi connectivity index (χ4n) is 2.95. The Kier molecular flexibility index (Phi) is 4.50. The molecule has 28 heavy (non-hydrogen) atoms. The first-order valence-electron chi connectivity index (χ1n) is 8.48. The van der Waals surface area contributed by atoms with Crippen molar-refractivity contribution in [2.45, 2.75) is 13.3 Å². The monoisotopic (exact) mass is 377 g/mol. The minimum Gasteiger partial charge on any atom is -0.274 e. The van der Waals surface area contributed by atoms with Crippen molar-refractivity contribution >= 4 is 28.3 Å². The standard InChI is InChI=1S/C19H16FN7O/c1-11(24-19(28)25-21)16-4-5-18-23-10-14(27(18)26-16)8-13-7-12-3-2-6-22-17(12)9-15(13)20/h2-7,9-10H,8,21H2,1H3,(H,25,28)/b24-11+. The molecular weight excluding hydrogens is 361 g/mol. The largest absolute Gasteiger partial charge is 0.355 e. The number of nitrogens with two attached hydrogens (primary N) is 1. The molecule has 0 aliphatic heterocycles. The highest BCUT2D eigenvalue weighted by Gasteiger charge is 2.12. The van der Waals surface area contributed by atoms with Crippen molar-refractivity contribution in [1.82, 2.24) is 25.0 Å². The van der Waals surface area contributed by atoms with Crippen LogP contribution in [0.4, 0.5) is 9.18 Å². The molecule has 0 fully saturated rings. The second-order valence-corrected chi connectivity index (χ2v) is 6.20. The first kappa shape index (κ1) is 17.7. The zero-order chi connectivity index (χ0) is 19.7. The Morgan fingerprint density at radius 1 is 1.29 bits per heavy atom. The lowest BCUT2D eigenvalue weighted by molar-refractivity contribution is 0.249. The van der Waals surface area contributed by atoms with E-state index in [-0.39, 0.29) is 5.82 Å². The molecule has 9 heteroatoms.